The second-order valence-corrected chi connectivity index (χ2v) is 5.63. The molecule has 0 aliphatic rings. The van der Waals surface area contributed by atoms with Gasteiger partial charge in [-0.3, -0.25) is 4.79 Å². The lowest BCUT2D eigenvalue weighted by Crippen LogP contribution is -2.20. The summed E-state index contributed by atoms with van der Waals surface area (Å²) in [6.45, 7) is 0. The Bertz CT molecular complexity index is 994. The van der Waals surface area contributed by atoms with Crippen molar-refractivity contribution in [3.63, 3.8) is 0 Å². The summed E-state index contributed by atoms with van der Waals surface area (Å²) in [6, 6.07) is 11.6. The highest BCUT2D eigenvalue weighted by Gasteiger charge is 2.17. The molecule has 0 amide bonds. The number of pyridine rings is 1. The van der Waals surface area contributed by atoms with Gasteiger partial charge in [0.05, 0.1) is 12.7 Å². The van der Waals surface area contributed by atoms with Crippen LogP contribution in [0.25, 0.3) is 10.8 Å². The van der Waals surface area contributed by atoms with Crippen molar-refractivity contribution in [2.24, 2.45) is 7.05 Å². The number of fused-ring (bicyclic) bond motifs is 1. The number of hydrogen-bond donors (Lipinski definition) is 0. The van der Waals surface area contributed by atoms with Gasteiger partial charge in [-0.1, -0.05) is 29.8 Å². The van der Waals surface area contributed by atoms with Crippen LogP contribution in [0.5, 0.6) is 11.5 Å². The molecule has 5 nitrogen and oxygen atoms in total. The average molecular weight is 344 g/mol. The lowest BCUT2D eigenvalue weighted by atomic mass is 10.1. The van der Waals surface area contributed by atoms with Gasteiger partial charge < -0.3 is 14.0 Å². The molecule has 0 fully saturated rings. The predicted molar refractivity (Wildman–Crippen MR) is 92.2 cm³/mol. The molecule has 3 rings (SSSR count). The van der Waals surface area contributed by atoms with Gasteiger partial charge in [0.15, 0.2) is 11.5 Å². The van der Waals surface area contributed by atoms with Gasteiger partial charge in [-0.25, -0.2) is 4.79 Å². The highest BCUT2D eigenvalue weighted by Crippen LogP contribution is 2.31. The summed E-state index contributed by atoms with van der Waals surface area (Å²) in [7, 11) is 3.05. The summed E-state index contributed by atoms with van der Waals surface area (Å²) >= 11 is 5.91. The van der Waals surface area contributed by atoms with Gasteiger partial charge in [-0.15, -0.1) is 0 Å². The molecule has 0 spiro atoms. The van der Waals surface area contributed by atoms with E-state index in [0.717, 1.165) is 0 Å². The van der Waals surface area contributed by atoms with E-state index in [9.17, 15) is 9.59 Å². The summed E-state index contributed by atoms with van der Waals surface area (Å²) in [5, 5.41) is 1.47. The van der Waals surface area contributed by atoms with Crippen LogP contribution in [0.4, 0.5) is 0 Å². The fourth-order valence-corrected chi connectivity index (χ4v) is 2.62. The molecule has 0 aliphatic heterocycles. The molecule has 0 bridgehead atoms. The minimum absolute atomic E-state index is 0.175. The van der Waals surface area contributed by atoms with E-state index >= 15 is 0 Å². The maximum Gasteiger partial charge on any atom is 0.345 e. The number of ether oxygens (including phenoxy) is 2. The standard InChI is InChI=1S/C18H14ClNO4/c1-20-10-14(12-5-3-4-6-13(12)17(20)21)18(22)24-15-8-7-11(19)9-16(15)23-2/h3-10H,1-2H3. The van der Waals surface area contributed by atoms with E-state index in [2.05, 4.69) is 0 Å². The smallest absolute Gasteiger partial charge is 0.345 e. The molecule has 0 N–H and O–H groups in total. The molecule has 6 heteroatoms. The molecule has 0 unspecified atom stereocenters. The van der Waals surface area contributed by atoms with Gasteiger partial charge >= 0.3 is 5.97 Å². The van der Waals surface area contributed by atoms with Crippen LogP contribution < -0.4 is 15.0 Å². The van der Waals surface area contributed by atoms with Crippen LogP contribution in [0.1, 0.15) is 10.4 Å². The van der Waals surface area contributed by atoms with E-state index in [0.29, 0.717) is 27.1 Å². The molecule has 0 saturated carbocycles. The topological polar surface area (TPSA) is 57.5 Å². The fraction of sp³-hybridized carbons (Fsp3) is 0.111. The Kier molecular flexibility index (Phi) is 4.27. The van der Waals surface area contributed by atoms with Crippen molar-refractivity contribution in [1.29, 1.82) is 0 Å². The van der Waals surface area contributed by atoms with E-state index in [-0.39, 0.29) is 11.3 Å². The molecular weight excluding hydrogens is 330 g/mol. The van der Waals surface area contributed by atoms with Gasteiger partial charge in [-0.05, 0) is 18.2 Å². The lowest BCUT2D eigenvalue weighted by molar-refractivity contribution is 0.0731. The quantitative estimate of drug-likeness (QED) is 0.540. The number of rotatable bonds is 3. The fourth-order valence-electron chi connectivity index (χ4n) is 2.46. The van der Waals surface area contributed by atoms with Gasteiger partial charge in [0.25, 0.3) is 5.56 Å². The molecule has 3 aromatic rings. The Morgan fingerprint density at radius 2 is 1.79 bits per heavy atom. The Labute approximate surface area is 143 Å². The molecule has 0 aliphatic carbocycles. The number of hydrogen-bond acceptors (Lipinski definition) is 4. The molecular formula is C18H14ClNO4. The average Bonchev–Trinajstić information content (AvgIpc) is 2.59. The summed E-state index contributed by atoms with van der Waals surface area (Å²) in [5.41, 5.74) is 0.121. The van der Waals surface area contributed by atoms with Gasteiger partial charge in [0.2, 0.25) is 0 Å². The number of carbonyl (C=O) groups excluding carboxylic acids is 1. The number of halogens is 1. The van der Waals surface area contributed by atoms with Crippen molar-refractivity contribution < 1.29 is 14.3 Å². The molecule has 122 valence electrons. The lowest BCUT2D eigenvalue weighted by Gasteiger charge is -2.11. The first-order valence-corrected chi connectivity index (χ1v) is 7.53. The third-order valence-electron chi connectivity index (χ3n) is 3.64. The first-order chi connectivity index (χ1) is 11.5. The summed E-state index contributed by atoms with van der Waals surface area (Å²) in [4.78, 5) is 24.8. The van der Waals surface area contributed by atoms with Gasteiger partial charge in [0, 0.05) is 35.1 Å². The number of methoxy groups -OCH3 is 1. The van der Waals surface area contributed by atoms with Crippen molar-refractivity contribution in [2.45, 2.75) is 0 Å². The van der Waals surface area contributed by atoms with E-state index in [4.69, 9.17) is 21.1 Å². The maximum atomic E-state index is 12.6. The molecule has 0 atom stereocenters. The minimum atomic E-state index is -0.581. The van der Waals surface area contributed by atoms with E-state index < -0.39 is 5.97 Å². The molecule has 1 heterocycles. The summed E-state index contributed by atoms with van der Waals surface area (Å²) in [5.74, 6) is 0.0252. The van der Waals surface area contributed by atoms with Gasteiger partial charge in [0.1, 0.15) is 0 Å². The van der Waals surface area contributed by atoms with Crippen LogP contribution in [-0.4, -0.2) is 17.6 Å². The molecule has 0 saturated heterocycles. The van der Waals surface area contributed by atoms with Gasteiger partial charge in [-0.2, -0.15) is 0 Å². The molecule has 2 aromatic carbocycles. The monoisotopic (exact) mass is 343 g/mol. The Balaban J connectivity index is 2.07. The Morgan fingerprint density at radius 1 is 1.08 bits per heavy atom. The van der Waals surface area contributed by atoms with Crippen molar-refractivity contribution >= 4 is 28.3 Å². The highest BCUT2D eigenvalue weighted by molar-refractivity contribution is 6.30. The zero-order valence-electron chi connectivity index (χ0n) is 13.1. The second kappa shape index (κ2) is 6.37. The van der Waals surface area contributed by atoms with Crippen LogP contribution >= 0.6 is 11.6 Å². The Morgan fingerprint density at radius 3 is 2.50 bits per heavy atom. The van der Waals surface area contributed by atoms with Crippen molar-refractivity contribution in [1.82, 2.24) is 4.57 Å². The normalized spacial score (nSPS) is 10.6. The zero-order chi connectivity index (χ0) is 17.3. The molecule has 1 aromatic heterocycles. The third-order valence-corrected chi connectivity index (χ3v) is 3.87. The summed E-state index contributed by atoms with van der Waals surface area (Å²) in [6.07, 6.45) is 1.47. The number of nitrogens with zero attached hydrogens (tertiary/aromatic N) is 1. The SMILES string of the molecule is COc1cc(Cl)ccc1OC(=O)c1cn(C)c(=O)c2ccccc12. The first-order valence-electron chi connectivity index (χ1n) is 7.15. The number of benzene rings is 2. The minimum Gasteiger partial charge on any atom is -0.493 e. The van der Waals surface area contributed by atoms with Crippen molar-refractivity contribution in [3.8, 4) is 11.5 Å². The maximum absolute atomic E-state index is 12.6. The van der Waals surface area contributed by atoms with E-state index in [1.54, 1.807) is 49.5 Å². The number of aromatic nitrogens is 1. The number of carbonyl (C=O) groups is 1. The highest BCUT2D eigenvalue weighted by atomic mass is 35.5. The largest absolute Gasteiger partial charge is 0.493 e. The first kappa shape index (κ1) is 16.1. The molecule has 0 radical (unpaired) electrons. The molecule has 24 heavy (non-hydrogen) atoms. The van der Waals surface area contributed by atoms with Crippen molar-refractivity contribution in [3.05, 3.63) is 69.6 Å². The third kappa shape index (κ3) is 2.86. The van der Waals surface area contributed by atoms with Crippen LogP contribution in [0.2, 0.25) is 5.02 Å². The van der Waals surface area contributed by atoms with E-state index in [1.807, 2.05) is 0 Å². The summed E-state index contributed by atoms with van der Waals surface area (Å²) < 4.78 is 12.0. The number of aryl methyl sites for hydroxylation is 1. The Hall–Kier alpha value is -2.79. The zero-order valence-corrected chi connectivity index (χ0v) is 13.8. The van der Waals surface area contributed by atoms with Crippen LogP contribution in [0.15, 0.2) is 53.5 Å². The second-order valence-electron chi connectivity index (χ2n) is 5.19. The van der Waals surface area contributed by atoms with E-state index in [1.165, 1.54) is 17.9 Å². The van der Waals surface area contributed by atoms with Crippen LogP contribution in [0.3, 0.4) is 0 Å². The van der Waals surface area contributed by atoms with Crippen LogP contribution in [-0.2, 0) is 7.05 Å². The predicted octanol–water partition coefficient (Wildman–Crippen LogP) is 3.42. The van der Waals surface area contributed by atoms with Crippen LogP contribution in [0, 0.1) is 0 Å². The number of esters is 1. The van der Waals surface area contributed by atoms with Crippen molar-refractivity contribution in [2.75, 3.05) is 7.11 Å².